The number of nitrogens with zero attached hydrogens (tertiary/aromatic N) is 1. The molecule has 0 saturated heterocycles. The van der Waals surface area contributed by atoms with Gasteiger partial charge in [-0.1, -0.05) is 34.1 Å². The molecular weight excluding hydrogens is 382 g/mol. The predicted molar refractivity (Wildman–Crippen MR) is 101 cm³/mol. The number of aliphatic imine (C=N–C) groups is 1. The lowest BCUT2D eigenvalue weighted by Crippen LogP contribution is -2.39. The van der Waals surface area contributed by atoms with Gasteiger partial charge in [-0.2, -0.15) is 4.99 Å². The summed E-state index contributed by atoms with van der Waals surface area (Å²) in [7, 11) is 1.60. The van der Waals surface area contributed by atoms with Crippen molar-refractivity contribution in [1.82, 2.24) is 0 Å². The highest BCUT2D eigenvalue weighted by atomic mass is 79.9. The molecule has 2 unspecified atom stereocenters. The second-order valence-electron chi connectivity index (χ2n) is 5.92. The van der Waals surface area contributed by atoms with Crippen molar-refractivity contribution in [1.29, 1.82) is 0 Å². The molecule has 3 rings (SSSR count). The van der Waals surface area contributed by atoms with E-state index in [0.29, 0.717) is 5.90 Å². The van der Waals surface area contributed by atoms with Crippen LogP contribution in [0.5, 0.6) is 5.75 Å². The SMILES string of the molecule is C=CC(c1ccc(Br)cc1)C1(C)OC(c2ccc(OC)cc2)=NC1=O. The number of benzene rings is 2. The Kier molecular flexibility index (Phi) is 4.77. The molecule has 0 spiro atoms. The highest BCUT2D eigenvalue weighted by Crippen LogP contribution is 2.38. The number of hydrogen-bond acceptors (Lipinski definition) is 3. The van der Waals surface area contributed by atoms with Crippen molar-refractivity contribution < 1.29 is 14.3 Å². The van der Waals surface area contributed by atoms with Gasteiger partial charge in [0.05, 0.1) is 13.0 Å². The van der Waals surface area contributed by atoms with Crippen molar-refractivity contribution in [2.75, 3.05) is 7.11 Å². The Labute approximate surface area is 155 Å². The first-order chi connectivity index (χ1) is 12.0. The highest BCUT2D eigenvalue weighted by Gasteiger charge is 2.48. The largest absolute Gasteiger partial charge is 0.497 e. The second kappa shape index (κ2) is 6.84. The summed E-state index contributed by atoms with van der Waals surface area (Å²) in [5.41, 5.74) is 0.557. The zero-order chi connectivity index (χ0) is 18.0. The molecule has 0 aromatic heterocycles. The van der Waals surface area contributed by atoms with Gasteiger partial charge in [0.15, 0.2) is 5.60 Å². The van der Waals surface area contributed by atoms with Crippen LogP contribution in [0, 0.1) is 0 Å². The van der Waals surface area contributed by atoms with E-state index in [-0.39, 0.29) is 11.8 Å². The van der Waals surface area contributed by atoms with Gasteiger partial charge in [0.25, 0.3) is 5.91 Å². The summed E-state index contributed by atoms with van der Waals surface area (Å²) in [5.74, 6) is 0.424. The quantitative estimate of drug-likeness (QED) is 0.695. The first-order valence-electron chi connectivity index (χ1n) is 7.82. The van der Waals surface area contributed by atoms with Crippen LogP contribution in [0.4, 0.5) is 0 Å². The summed E-state index contributed by atoms with van der Waals surface area (Å²) in [4.78, 5) is 16.8. The maximum atomic E-state index is 12.6. The molecule has 0 saturated carbocycles. The number of hydrogen-bond donors (Lipinski definition) is 0. The normalized spacial score (nSPS) is 20.6. The fourth-order valence-corrected chi connectivity index (χ4v) is 3.14. The smallest absolute Gasteiger partial charge is 0.293 e. The second-order valence-corrected chi connectivity index (χ2v) is 6.84. The van der Waals surface area contributed by atoms with Crippen molar-refractivity contribution in [3.05, 3.63) is 76.8 Å². The zero-order valence-corrected chi connectivity index (χ0v) is 15.6. The fraction of sp³-hybridized carbons (Fsp3) is 0.200. The minimum atomic E-state index is -1.12. The lowest BCUT2D eigenvalue weighted by Gasteiger charge is -2.29. The van der Waals surface area contributed by atoms with E-state index in [1.807, 2.05) is 36.4 Å². The Balaban J connectivity index is 1.90. The predicted octanol–water partition coefficient (Wildman–Crippen LogP) is 4.49. The maximum Gasteiger partial charge on any atom is 0.293 e. The summed E-state index contributed by atoms with van der Waals surface area (Å²) in [6.07, 6.45) is 1.73. The molecular formula is C20H18BrNO3. The third-order valence-electron chi connectivity index (χ3n) is 4.33. The summed E-state index contributed by atoms with van der Waals surface area (Å²) in [6, 6.07) is 15.0. The van der Waals surface area contributed by atoms with Gasteiger partial charge in [-0.15, -0.1) is 6.58 Å². The molecule has 128 valence electrons. The van der Waals surface area contributed by atoms with Crippen LogP contribution in [0.25, 0.3) is 0 Å². The number of ether oxygens (including phenoxy) is 2. The molecule has 4 nitrogen and oxygen atoms in total. The first kappa shape index (κ1) is 17.4. The van der Waals surface area contributed by atoms with Gasteiger partial charge in [-0.05, 0) is 48.9 Å². The summed E-state index contributed by atoms with van der Waals surface area (Å²) in [5, 5.41) is 0. The Morgan fingerprint density at radius 1 is 1.20 bits per heavy atom. The molecule has 1 heterocycles. The molecule has 5 heteroatoms. The Morgan fingerprint density at radius 2 is 1.84 bits per heavy atom. The number of rotatable bonds is 5. The van der Waals surface area contributed by atoms with Crippen LogP contribution in [0.15, 0.2) is 70.7 Å². The van der Waals surface area contributed by atoms with Gasteiger partial charge in [-0.25, -0.2) is 0 Å². The van der Waals surface area contributed by atoms with E-state index < -0.39 is 5.60 Å². The van der Waals surface area contributed by atoms with Crippen LogP contribution in [0.2, 0.25) is 0 Å². The van der Waals surface area contributed by atoms with Crippen molar-refractivity contribution >= 4 is 27.7 Å². The van der Waals surface area contributed by atoms with Gasteiger partial charge in [0, 0.05) is 10.0 Å². The average molecular weight is 400 g/mol. The van der Waals surface area contributed by atoms with Crippen molar-refractivity contribution in [3.63, 3.8) is 0 Å². The van der Waals surface area contributed by atoms with Gasteiger partial charge >= 0.3 is 0 Å². The minimum absolute atomic E-state index is 0.312. The molecule has 0 aliphatic carbocycles. The molecule has 1 aliphatic rings. The topological polar surface area (TPSA) is 47.9 Å². The van der Waals surface area contributed by atoms with Crippen LogP contribution in [-0.2, 0) is 9.53 Å². The van der Waals surface area contributed by atoms with Gasteiger partial charge in [0.2, 0.25) is 5.90 Å². The van der Waals surface area contributed by atoms with Crippen LogP contribution in [-0.4, -0.2) is 24.5 Å². The summed E-state index contributed by atoms with van der Waals surface area (Å²) < 4.78 is 12.2. The molecule has 1 amide bonds. The molecule has 25 heavy (non-hydrogen) atoms. The lowest BCUT2D eigenvalue weighted by molar-refractivity contribution is -0.130. The Morgan fingerprint density at radius 3 is 2.40 bits per heavy atom. The molecule has 2 aromatic rings. The first-order valence-corrected chi connectivity index (χ1v) is 8.62. The lowest BCUT2D eigenvalue weighted by atomic mass is 9.83. The maximum absolute atomic E-state index is 12.6. The van der Waals surface area contributed by atoms with E-state index in [4.69, 9.17) is 9.47 Å². The van der Waals surface area contributed by atoms with Crippen molar-refractivity contribution in [2.24, 2.45) is 4.99 Å². The van der Waals surface area contributed by atoms with Crippen molar-refractivity contribution in [3.8, 4) is 5.75 Å². The van der Waals surface area contributed by atoms with Crippen LogP contribution in [0.1, 0.15) is 24.0 Å². The number of halogens is 1. The zero-order valence-electron chi connectivity index (χ0n) is 14.0. The Hall–Kier alpha value is -2.40. The molecule has 0 N–H and O–H groups in total. The van der Waals surface area contributed by atoms with Gasteiger partial charge < -0.3 is 9.47 Å². The summed E-state index contributed by atoms with van der Waals surface area (Å²) in [6.45, 7) is 5.65. The third-order valence-corrected chi connectivity index (χ3v) is 4.86. The highest BCUT2D eigenvalue weighted by molar-refractivity contribution is 9.10. The third kappa shape index (κ3) is 3.24. The molecule has 2 atom stereocenters. The Bertz CT molecular complexity index is 827. The molecule has 0 radical (unpaired) electrons. The van der Waals surface area contributed by atoms with E-state index in [0.717, 1.165) is 21.3 Å². The van der Waals surface area contributed by atoms with Crippen LogP contribution < -0.4 is 4.74 Å². The van der Waals surface area contributed by atoms with Crippen LogP contribution in [0.3, 0.4) is 0 Å². The van der Waals surface area contributed by atoms with E-state index in [2.05, 4.69) is 27.5 Å². The van der Waals surface area contributed by atoms with E-state index in [9.17, 15) is 4.79 Å². The molecule has 0 fully saturated rings. The number of carbonyl (C=O) groups excluding carboxylic acids is 1. The molecule has 2 aromatic carbocycles. The fourth-order valence-electron chi connectivity index (χ4n) is 2.87. The standard InChI is InChI=1S/C20H18BrNO3/c1-4-17(13-5-9-15(21)10-6-13)20(2)19(23)22-18(25-20)14-7-11-16(24-3)12-8-14/h4-12,17H,1H2,2-3H3. The van der Waals surface area contributed by atoms with E-state index >= 15 is 0 Å². The van der Waals surface area contributed by atoms with E-state index in [1.54, 1.807) is 32.2 Å². The van der Waals surface area contributed by atoms with Gasteiger partial charge in [-0.3, -0.25) is 4.79 Å². The summed E-state index contributed by atoms with van der Waals surface area (Å²) >= 11 is 3.42. The number of methoxy groups -OCH3 is 1. The molecule has 1 aliphatic heterocycles. The average Bonchev–Trinajstić information content (AvgIpc) is 2.93. The number of amides is 1. The van der Waals surface area contributed by atoms with E-state index in [1.165, 1.54) is 0 Å². The monoisotopic (exact) mass is 399 g/mol. The molecule has 0 bridgehead atoms. The van der Waals surface area contributed by atoms with Gasteiger partial charge in [0.1, 0.15) is 5.75 Å². The van der Waals surface area contributed by atoms with Crippen LogP contribution >= 0.6 is 15.9 Å². The minimum Gasteiger partial charge on any atom is -0.497 e. The van der Waals surface area contributed by atoms with Crippen molar-refractivity contribution in [2.45, 2.75) is 18.4 Å². The number of carbonyl (C=O) groups is 1.